The zero-order valence-corrected chi connectivity index (χ0v) is 17.8. The maximum absolute atomic E-state index is 12.4. The van der Waals surface area contributed by atoms with Crippen molar-refractivity contribution in [2.75, 3.05) is 6.61 Å². The van der Waals surface area contributed by atoms with Gasteiger partial charge in [0, 0.05) is 10.8 Å². The summed E-state index contributed by atoms with van der Waals surface area (Å²) < 4.78 is 11.1. The number of benzene rings is 2. The lowest BCUT2D eigenvalue weighted by Crippen LogP contribution is -2.02. The third-order valence-corrected chi connectivity index (χ3v) is 5.61. The van der Waals surface area contributed by atoms with Gasteiger partial charge in [-0.25, -0.2) is 9.78 Å². The fraction of sp³-hybridized carbons (Fsp3) is 0.160. The van der Waals surface area contributed by atoms with Crippen molar-refractivity contribution in [3.8, 4) is 23.1 Å². The van der Waals surface area contributed by atoms with E-state index in [0.717, 1.165) is 29.5 Å². The van der Waals surface area contributed by atoms with Crippen LogP contribution in [0.2, 0.25) is 0 Å². The Kier molecular flexibility index (Phi) is 6.25. The number of para-hydroxylation sites is 1. The average molecular weight is 429 g/mol. The first-order valence-corrected chi connectivity index (χ1v) is 10.9. The first-order chi connectivity index (χ1) is 15.2. The molecule has 0 unspecified atom stereocenters. The lowest BCUT2D eigenvalue weighted by molar-refractivity contribution is 0.309. The maximum atomic E-state index is 12.4. The number of fused-ring (bicyclic) bond motifs is 1. The molecule has 31 heavy (non-hydrogen) atoms. The Morgan fingerprint density at radius 1 is 1.23 bits per heavy atom. The van der Waals surface area contributed by atoms with Gasteiger partial charge in [0.2, 0.25) is 0 Å². The largest absolute Gasteiger partial charge is 0.494 e. The van der Waals surface area contributed by atoms with E-state index < -0.39 is 5.63 Å². The van der Waals surface area contributed by atoms with E-state index in [2.05, 4.69) is 18.0 Å². The van der Waals surface area contributed by atoms with E-state index in [9.17, 15) is 10.1 Å². The van der Waals surface area contributed by atoms with E-state index in [4.69, 9.17) is 9.15 Å². The van der Waals surface area contributed by atoms with Gasteiger partial charge in [0.05, 0.1) is 23.4 Å². The lowest BCUT2D eigenvalue weighted by Gasteiger charge is -2.05. The fourth-order valence-electron chi connectivity index (χ4n) is 3.06. The van der Waals surface area contributed by atoms with Crippen LogP contribution in [0, 0.1) is 11.3 Å². The number of aromatic nitrogens is 1. The molecule has 0 aliphatic carbocycles. The monoisotopic (exact) mass is 428 g/mol. The normalized spacial score (nSPS) is 11.4. The minimum Gasteiger partial charge on any atom is -0.494 e. The molecule has 6 heteroatoms. The van der Waals surface area contributed by atoms with Crippen molar-refractivity contribution in [3.63, 3.8) is 0 Å². The molecule has 2 aromatic carbocycles. The summed E-state index contributed by atoms with van der Waals surface area (Å²) in [6, 6.07) is 18.9. The van der Waals surface area contributed by atoms with Crippen molar-refractivity contribution in [1.29, 1.82) is 5.26 Å². The molecule has 0 atom stereocenters. The number of allylic oxidation sites excluding steroid dienone is 1. The summed E-state index contributed by atoms with van der Waals surface area (Å²) in [5, 5.41) is 12.8. The van der Waals surface area contributed by atoms with Crippen LogP contribution >= 0.6 is 11.3 Å². The Labute approximate surface area is 183 Å². The molecule has 0 N–H and O–H groups in total. The molecule has 5 nitrogen and oxygen atoms in total. The number of unbranched alkanes of at least 4 members (excludes halogenated alkanes) is 1. The molecule has 0 radical (unpaired) electrons. The number of rotatable bonds is 7. The van der Waals surface area contributed by atoms with Gasteiger partial charge < -0.3 is 9.15 Å². The molecule has 154 valence electrons. The second kappa shape index (κ2) is 9.41. The SMILES string of the molecule is CCCCOc1ccc(C=C(C#N)c2nc(-c3cc4ccccc4oc3=O)cs2)cc1. The summed E-state index contributed by atoms with van der Waals surface area (Å²) >= 11 is 1.32. The van der Waals surface area contributed by atoms with E-state index >= 15 is 0 Å². The highest BCUT2D eigenvalue weighted by atomic mass is 32.1. The smallest absolute Gasteiger partial charge is 0.345 e. The molecule has 0 bridgehead atoms. The van der Waals surface area contributed by atoms with Gasteiger partial charge in [0.25, 0.3) is 0 Å². The van der Waals surface area contributed by atoms with E-state index in [1.165, 1.54) is 11.3 Å². The number of hydrogen-bond acceptors (Lipinski definition) is 6. The highest BCUT2D eigenvalue weighted by Crippen LogP contribution is 2.27. The van der Waals surface area contributed by atoms with Crippen LogP contribution in [0.15, 0.2) is 69.2 Å². The molecule has 2 aromatic heterocycles. The number of ether oxygens (including phenoxy) is 1. The van der Waals surface area contributed by atoms with Crippen LogP contribution in [0.25, 0.3) is 33.9 Å². The zero-order valence-electron chi connectivity index (χ0n) is 17.0. The van der Waals surface area contributed by atoms with Crippen molar-refractivity contribution in [2.24, 2.45) is 0 Å². The Balaban J connectivity index is 1.59. The number of nitriles is 1. The van der Waals surface area contributed by atoms with Crippen LogP contribution in [0.3, 0.4) is 0 Å². The van der Waals surface area contributed by atoms with Crippen LogP contribution in [0.4, 0.5) is 0 Å². The molecule has 4 rings (SSSR count). The Hall–Kier alpha value is -3.69. The lowest BCUT2D eigenvalue weighted by atomic mass is 10.1. The van der Waals surface area contributed by atoms with Gasteiger partial charge in [-0.2, -0.15) is 5.26 Å². The summed E-state index contributed by atoms with van der Waals surface area (Å²) in [5.74, 6) is 0.809. The first kappa shape index (κ1) is 20.6. The Bertz CT molecular complexity index is 1330. The highest BCUT2D eigenvalue weighted by molar-refractivity contribution is 7.11. The topological polar surface area (TPSA) is 76.1 Å². The minimum absolute atomic E-state index is 0.382. The van der Waals surface area contributed by atoms with Crippen molar-refractivity contribution in [2.45, 2.75) is 19.8 Å². The van der Waals surface area contributed by atoms with Crippen molar-refractivity contribution < 1.29 is 9.15 Å². The standard InChI is InChI=1S/C25H20N2O3S/c1-2-3-12-29-20-10-8-17(9-11-20)13-19(15-26)24-27-22(16-31-24)21-14-18-6-4-5-7-23(18)30-25(21)28/h4-11,13-14,16H,2-3,12H2,1H3. The van der Waals surface area contributed by atoms with Crippen LogP contribution in [-0.4, -0.2) is 11.6 Å². The summed E-state index contributed by atoms with van der Waals surface area (Å²) in [6.45, 7) is 2.82. The second-order valence-electron chi connectivity index (χ2n) is 6.96. The number of nitrogens with zero attached hydrogens (tertiary/aromatic N) is 2. The molecule has 0 saturated heterocycles. The fourth-order valence-corrected chi connectivity index (χ4v) is 3.85. The van der Waals surface area contributed by atoms with Crippen molar-refractivity contribution in [3.05, 3.63) is 81.0 Å². The van der Waals surface area contributed by atoms with Gasteiger partial charge in [-0.15, -0.1) is 11.3 Å². The van der Waals surface area contributed by atoms with Crippen molar-refractivity contribution in [1.82, 2.24) is 4.98 Å². The summed E-state index contributed by atoms with van der Waals surface area (Å²) in [6.07, 6.45) is 3.88. The van der Waals surface area contributed by atoms with Crippen LogP contribution in [0.1, 0.15) is 30.3 Å². The predicted molar refractivity (Wildman–Crippen MR) is 124 cm³/mol. The molecule has 0 saturated carbocycles. The Morgan fingerprint density at radius 3 is 2.81 bits per heavy atom. The van der Waals surface area contributed by atoms with Gasteiger partial charge in [-0.05, 0) is 42.3 Å². The maximum Gasteiger partial charge on any atom is 0.345 e. The number of hydrogen-bond donors (Lipinski definition) is 0. The summed E-state index contributed by atoms with van der Waals surface area (Å²) in [4.78, 5) is 16.9. The molecular formula is C25H20N2O3S. The van der Waals surface area contributed by atoms with Crippen LogP contribution < -0.4 is 10.4 Å². The van der Waals surface area contributed by atoms with Gasteiger partial charge in [0.1, 0.15) is 22.4 Å². The molecule has 0 fully saturated rings. The first-order valence-electron chi connectivity index (χ1n) is 10.0. The molecule has 0 spiro atoms. The average Bonchev–Trinajstić information content (AvgIpc) is 3.28. The molecule has 0 aliphatic rings. The van der Waals surface area contributed by atoms with E-state index in [1.807, 2.05) is 42.5 Å². The summed E-state index contributed by atoms with van der Waals surface area (Å²) in [5.41, 5.74) is 2.28. The molecule has 0 aliphatic heterocycles. The third-order valence-electron chi connectivity index (χ3n) is 4.73. The van der Waals surface area contributed by atoms with Crippen LogP contribution in [-0.2, 0) is 0 Å². The number of thiazole rings is 1. The van der Waals surface area contributed by atoms with E-state index in [-0.39, 0.29) is 0 Å². The van der Waals surface area contributed by atoms with E-state index in [0.29, 0.717) is 34.0 Å². The molecule has 0 amide bonds. The molecular weight excluding hydrogens is 408 g/mol. The third kappa shape index (κ3) is 4.73. The predicted octanol–water partition coefficient (Wildman–Crippen LogP) is 6.16. The second-order valence-corrected chi connectivity index (χ2v) is 7.82. The molecule has 2 heterocycles. The van der Waals surface area contributed by atoms with Gasteiger partial charge in [0.15, 0.2) is 0 Å². The van der Waals surface area contributed by atoms with Gasteiger partial charge in [-0.3, -0.25) is 0 Å². The highest BCUT2D eigenvalue weighted by Gasteiger charge is 2.13. The zero-order chi connectivity index (χ0) is 21.6. The van der Waals surface area contributed by atoms with E-state index in [1.54, 1.807) is 23.6 Å². The summed E-state index contributed by atoms with van der Waals surface area (Å²) in [7, 11) is 0. The quantitative estimate of drug-likeness (QED) is 0.200. The molecule has 4 aromatic rings. The van der Waals surface area contributed by atoms with Crippen molar-refractivity contribution >= 4 is 34.0 Å². The van der Waals surface area contributed by atoms with Gasteiger partial charge >= 0.3 is 5.63 Å². The Morgan fingerprint density at radius 2 is 2.03 bits per heavy atom. The van der Waals surface area contributed by atoms with Gasteiger partial charge in [-0.1, -0.05) is 43.7 Å². The minimum atomic E-state index is -0.448. The van der Waals surface area contributed by atoms with Crippen LogP contribution in [0.5, 0.6) is 5.75 Å².